The summed E-state index contributed by atoms with van der Waals surface area (Å²) in [5.41, 5.74) is 0.513. The zero-order valence-corrected chi connectivity index (χ0v) is 5.32. The smallest absolute Gasteiger partial charge is 0.170 e. The molecule has 0 atom stereocenters. The predicted octanol–water partition coefficient (Wildman–Crippen LogP) is 0.722. The molecule has 50 valence electrons. The highest BCUT2D eigenvalue weighted by molar-refractivity contribution is 5.72. The predicted molar refractivity (Wildman–Crippen MR) is 36.6 cm³/mol. The van der Waals surface area contributed by atoms with Gasteiger partial charge in [-0.3, -0.25) is 4.79 Å². The van der Waals surface area contributed by atoms with Gasteiger partial charge in [0.25, 0.3) is 0 Å². The second-order valence-electron chi connectivity index (χ2n) is 2.20. The minimum Gasteiger partial charge on any atom is -0.327 e. The van der Waals surface area contributed by atoms with Crippen LogP contribution in [0.5, 0.6) is 0 Å². The molecule has 0 fully saturated rings. The van der Waals surface area contributed by atoms with Crippen LogP contribution in [0.4, 0.5) is 0 Å². The van der Waals surface area contributed by atoms with Crippen LogP contribution >= 0.6 is 0 Å². The van der Waals surface area contributed by atoms with Gasteiger partial charge in [0.1, 0.15) is 11.5 Å². The molecule has 0 aliphatic carbocycles. The first-order chi connectivity index (χ1) is 4.90. The Balaban J connectivity index is 2.54. The molecule has 0 unspecified atom stereocenters. The Morgan fingerprint density at radius 2 is 2.60 bits per heavy atom. The molecule has 10 heavy (non-hydrogen) atoms. The first-order valence-corrected chi connectivity index (χ1v) is 3.09. The fourth-order valence-electron chi connectivity index (χ4n) is 1.06. The van der Waals surface area contributed by atoms with Gasteiger partial charge in [0.05, 0.1) is 0 Å². The fraction of sp³-hybridized carbons (Fsp3) is 0.143. The van der Waals surface area contributed by atoms with E-state index in [-0.39, 0.29) is 0 Å². The van der Waals surface area contributed by atoms with Crippen molar-refractivity contribution in [3.63, 3.8) is 0 Å². The van der Waals surface area contributed by atoms with Crippen molar-refractivity contribution in [1.29, 1.82) is 0 Å². The van der Waals surface area contributed by atoms with E-state index < -0.39 is 0 Å². The van der Waals surface area contributed by atoms with E-state index >= 15 is 0 Å². The van der Waals surface area contributed by atoms with Gasteiger partial charge in [-0.05, 0) is 6.08 Å². The molecular formula is C7H6N2O. The van der Waals surface area contributed by atoms with Crippen molar-refractivity contribution < 1.29 is 4.79 Å². The Morgan fingerprint density at radius 3 is 3.30 bits per heavy atom. The average molecular weight is 134 g/mol. The van der Waals surface area contributed by atoms with Crippen molar-refractivity contribution in [1.82, 2.24) is 9.55 Å². The summed E-state index contributed by atoms with van der Waals surface area (Å²) >= 11 is 0. The summed E-state index contributed by atoms with van der Waals surface area (Å²) in [6.07, 6.45) is 6.44. The molecule has 2 rings (SSSR count). The van der Waals surface area contributed by atoms with Gasteiger partial charge in [-0.25, -0.2) is 4.98 Å². The number of imidazole rings is 1. The van der Waals surface area contributed by atoms with Gasteiger partial charge >= 0.3 is 0 Å². The maximum atomic E-state index is 10.2. The van der Waals surface area contributed by atoms with Crippen LogP contribution in [0.25, 0.3) is 6.08 Å². The summed E-state index contributed by atoms with van der Waals surface area (Å²) < 4.78 is 1.93. The minimum absolute atomic E-state index is 0.513. The van der Waals surface area contributed by atoms with Crippen LogP contribution in [0.3, 0.4) is 0 Å². The van der Waals surface area contributed by atoms with Gasteiger partial charge in [-0.2, -0.15) is 0 Å². The Morgan fingerprint density at radius 1 is 1.70 bits per heavy atom. The zero-order valence-electron chi connectivity index (χ0n) is 5.32. The van der Waals surface area contributed by atoms with E-state index in [9.17, 15) is 4.79 Å². The Labute approximate surface area is 58.0 Å². The van der Waals surface area contributed by atoms with E-state index in [1.165, 1.54) is 0 Å². The molecule has 0 spiro atoms. The number of carbonyl (C=O) groups excluding carboxylic acids is 1. The molecule has 0 radical (unpaired) electrons. The van der Waals surface area contributed by atoms with Crippen molar-refractivity contribution in [3.05, 3.63) is 23.8 Å². The lowest BCUT2D eigenvalue weighted by atomic mass is 10.5. The SMILES string of the molecule is O=Cc1cn2c(n1)C=CC2. The van der Waals surface area contributed by atoms with Crippen LogP contribution < -0.4 is 0 Å². The number of fused-ring (bicyclic) bond motifs is 1. The number of aromatic nitrogens is 2. The van der Waals surface area contributed by atoms with E-state index in [1.54, 1.807) is 6.20 Å². The highest BCUT2D eigenvalue weighted by Gasteiger charge is 2.06. The molecule has 0 N–H and O–H groups in total. The van der Waals surface area contributed by atoms with Crippen molar-refractivity contribution in [2.75, 3.05) is 0 Å². The van der Waals surface area contributed by atoms with Gasteiger partial charge in [0.2, 0.25) is 0 Å². The van der Waals surface area contributed by atoms with Gasteiger partial charge < -0.3 is 4.57 Å². The summed E-state index contributed by atoms with van der Waals surface area (Å²) in [6, 6.07) is 0. The number of hydrogen-bond donors (Lipinski definition) is 0. The quantitative estimate of drug-likeness (QED) is 0.530. The molecule has 1 aliphatic heterocycles. The minimum atomic E-state index is 0.513. The third-order valence-corrected chi connectivity index (χ3v) is 1.52. The molecule has 0 saturated carbocycles. The molecule has 3 nitrogen and oxygen atoms in total. The van der Waals surface area contributed by atoms with Crippen LogP contribution in [0.15, 0.2) is 12.3 Å². The molecule has 3 heteroatoms. The molecule has 1 aromatic rings. The molecule has 0 saturated heterocycles. The standard InChI is InChI=1S/C7H6N2O/c10-5-6-4-9-3-1-2-7(9)8-6/h1-2,4-5H,3H2. The Kier molecular flexibility index (Phi) is 0.974. The number of aldehydes is 1. The Bertz CT molecular complexity index is 299. The highest BCUT2D eigenvalue weighted by Crippen LogP contribution is 2.09. The molecule has 0 amide bonds. The lowest BCUT2D eigenvalue weighted by Gasteiger charge is -1.88. The van der Waals surface area contributed by atoms with Crippen molar-refractivity contribution in [2.24, 2.45) is 0 Å². The number of rotatable bonds is 1. The largest absolute Gasteiger partial charge is 0.327 e. The number of hydrogen-bond acceptors (Lipinski definition) is 2. The monoisotopic (exact) mass is 134 g/mol. The summed E-state index contributed by atoms with van der Waals surface area (Å²) in [6.45, 7) is 0.843. The van der Waals surface area contributed by atoms with E-state index in [0.717, 1.165) is 18.7 Å². The normalized spacial score (nSPS) is 13.6. The highest BCUT2D eigenvalue weighted by atomic mass is 16.1. The van der Waals surface area contributed by atoms with Crippen molar-refractivity contribution in [3.8, 4) is 0 Å². The number of allylic oxidation sites excluding steroid dienone is 1. The second kappa shape index (κ2) is 1.80. The first kappa shape index (κ1) is 5.41. The van der Waals surface area contributed by atoms with Crippen LogP contribution in [0.2, 0.25) is 0 Å². The van der Waals surface area contributed by atoms with Gasteiger partial charge in [-0.1, -0.05) is 6.08 Å². The van der Waals surface area contributed by atoms with Gasteiger partial charge in [0.15, 0.2) is 6.29 Å². The van der Waals surface area contributed by atoms with Crippen molar-refractivity contribution >= 4 is 12.4 Å². The molecular weight excluding hydrogens is 128 g/mol. The number of carbonyl (C=O) groups is 1. The average Bonchev–Trinajstić information content (AvgIpc) is 2.42. The molecule has 0 bridgehead atoms. The van der Waals surface area contributed by atoms with Crippen LogP contribution in [-0.2, 0) is 6.54 Å². The Hall–Kier alpha value is -1.38. The second-order valence-corrected chi connectivity index (χ2v) is 2.20. The van der Waals surface area contributed by atoms with Gasteiger partial charge in [0, 0.05) is 12.7 Å². The maximum Gasteiger partial charge on any atom is 0.170 e. The van der Waals surface area contributed by atoms with Crippen LogP contribution in [0, 0.1) is 0 Å². The third-order valence-electron chi connectivity index (χ3n) is 1.52. The van der Waals surface area contributed by atoms with E-state index in [2.05, 4.69) is 4.98 Å². The van der Waals surface area contributed by atoms with Gasteiger partial charge in [-0.15, -0.1) is 0 Å². The summed E-state index contributed by atoms with van der Waals surface area (Å²) in [7, 11) is 0. The molecule has 1 aromatic heterocycles. The lowest BCUT2D eigenvalue weighted by Crippen LogP contribution is -1.88. The topological polar surface area (TPSA) is 34.9 Å². The van der Waals surface area contributed by atoms with Crippen LogP contribution in [0.1, 0.15) is 16.3 Å². The van der Waals surface area contributed by atoms with E-state index in [4.69, 9.17) is 0 Å². The lowest BCUT2D eigenvalue weighted by molar-refractivity contribution is 0.111. The van der Waals surface area contributed by atoms with Crippen LogP contribution in [-0.4, -0.2) is 15.8 Å². The van der Waals surface area contributed by atoms with E-state index in [1.807, 2.05) is 16.7 Å². The summed E-state index contributed by atoms with van der Waals surface area (Å²) in [5, 5.41) is 0. The van der Waals surface area contributed by atoms with Crippen molar-refractivity contribution in [2.45, 2.75) is 6.54 Å². The maximum absolute atomic E-state index is 10.2. The first-order valence-electron chi connectivity index (χ1n) is 3.09. The molecule has 0 aromatic carbocycles. The molecule has 1 aliphatic rings. The number of nitrogens with zero attached hydrogens (tertiary/aromatic N) is 2. The fourth-order valence-corrected chi connectivity index (χ4v) is 1.06. The zero-order chi connectivity index (χ0) is 6.97. The molecule has 2 heterocycles. The van der Waals surface area contributed by atoms with E-state index in [0.29, 0.717) is 5.69 Å². The summed E-state index contributed by atoms with van der Waals surface area (Å²) in [4.78, 5) is 14.2. The summed E-state index contributed by atoms with van der Waals surface area (Å²) in [5.74, 6) is 0.877. The third kappa shape index (κ3) is 0.603.